The number of amides is 2. The summed E-state index contributed by atoms with van der Waals surface area (Å²) in [6.07, 6.45) is 2.89. The smallest absolute Gasteiger partial charge is 0.322 e. The third kappa shape index (κ3) is 3.99. The highest BCUT2D eigenvalue weighted by molar-refractivity contribution is 5.94. The Balaban J connectivity index is 1.30. The van der Waals surface area contributed by atoms with Crippen molar-refractivity contribution >= 4 is 11.7 Å². The van der Waals surface area contributed by atoms with Crippen LogP contribution < -0.4 is 15.0 Å². The van der Waals surface area contributed by atoms with Gasteiger partial charge in [0, 0.05) is 37.9 Å². The van der Waals surface area contributed by atoms with E-state index < -0.39 is 0 Å². The van der Waals surface area contributed by atoms with Crippen LogP contribution in [0.15, 0.2) is 42.5 Å². The average Bonchev–Trinajstić information content (AvgIpc) is 3.14. The minimum Gasteiger partial charge on any atom is -0.497 e. The van der Waals surface area contributed by atoms with Crippen LogP contribution in [-0.4, -0.2) is 43.7 Å². The van der Waals surface area contributed by atoms with Crippen LogP contribution in [0.2, 0.25) is 0 Å². The number of aryl methyl sites for hydroxylation is 1. The minimum absolute atomic E-state index is 0.0290. The summed E-state index contributed by atoms with van der Waals surface area (Å²) in [6.45, 7) is 5.95. The first-order chi connectivity index (χ1) is 13.6. The number of urea groups is 1. The highest BCUT2D eigenvalue weighted by atomic mass is 16.5. The van der Waals surface area contributed by atoms with Crippen LogP contribution in [0.4, 0.5) is 10.5 Å². The summed E-state index contributed by atoms with van der Waals surface area (Å²) >= 11 is 0. The molecule has 0 atom stereocenters. The predicted molar refractivity (Wildman–Crippen MR) is 112 cm³/mol. The lowest BCUT2D eigenvalue weighted by atomic mass is 10.0. The number of carbonyl (C=O) groups is 1. The van der Waals surface area contributed by atoms with E-state index in [4.69, 9.17) is 4.74 Å². The molecule has 2 aromatic rings. The summed E-state index contributed by atoms with van der Waals surface area (Å²) in [7, 11) is 1.67. The first-order valence-corrected chi connectivity index (χ1v) is 10.2. The number of piperidine rings is 1. The van der Waals surface area contributed by atoms with Crippen molar-refractivity contribution in [3.63, 3.8) is 0 Å². The quantitative estimate of drug-likeness (QED) is 0.880. The average molecular weight is 380 g/mol. The summed E-state index contributed by atoms with van der Waals surface area (Å²) in [5.41, 5.74) is 4.94. The molecule has 2 amide bonds. The molecule has 0 bridgehead atoms. The molecule has 0 radical (unpaired) electrons. The molecule has 0 saturated carbocycles. The third-order valence-corrected chi connectivity index (χ3v) is 6.00. The van der Waals surface area contributed by atoms with Crippen molar-refractivity contribution in [2.24, 2.45) is 0 Å². The molecule has 28 heavy (non-hydrogen) atoms. The maximum Gasteiger partial charge on any atom is 0.322 e. The lowest BCUT2D eigenvalue weighted by Crippen LogP contribution is -2.48. The van der Waals surface area contributed by atoms with E-state index in [-0.39, 0.29) is 12.1 Å². The zero-order chi connectivity index (χ0) is 19.5. The first-order valence-electron chi connectivity index (χ1n) is 10.2. The Morgan fingerprint density at radius 1 is 1.14 bits per heavy atom. The van der Waals surface area contributed by atoms with Crippen molar-refractivity contribution in [2.45, 2.75) is 38.8 Å². The van der Waals surface area contributed by atoms with Crippen molar-refractivity contribution in [1.29, 1.82) is 0 Å². The largest absolute Gasteiger partial charge is 0.497 e. The maximum atomic E-state index is 12.8. The van der Waals surface area contributed by atoms with Crippen LogP contribution >= 0.6 is 0 Å². The number of methoxy groups -OCH3 is 1. The number of likely N-dealkylation sites (tertiary alicyclic amines) is 1. The fraction of sp³-hybridized carbons (Fsp3) is 0.435. The van der Waals surface area contributed by atoms with Crippen LogP contribution in [0.3, 0.4) is 0 Å². The fourth-order valence-electron chi connectivity index (χ4n) is 4.23. The van der Waals surface area contributed by atoms with Gasteiger partial charge in [-0.05, 0) is 61.1 Å². The van der Waals surface area contributed by atoms with Gasteiger partial charge in [-0.25, -0.2) is 4.79 Å². The van der Waals surface area contributed by atoms with Crippen molar-refractivity contribution in [3.05, 3.63) is 59.2 Å². The van der Waals surface area contributed by atoms with Gasteiger partial charge in [-0.3, -0.25) is 9.80 Å². The van der Waals surface area contributed by atoms with E-state index in [2.05, 4.69) is 41.4 Å². The topological polar surface area (TPSA) is 44.8 Å². The molecule has 5 nitrogen and oxygen atoms in total. The number of ether oxygens (including phenoxy) is 1. The van der Waals surface area contributed by atoms with Gasteiger partial charge in [0.1, 0.15) is 5.75 Å². The van der Waals surface area contributed by atoms with Crippen LogP contribution in [-0.2, 0) is 13.0 Å². The highest BCUT2D eigenvalue weighted by Gasteiger charge is 2.28. The first kappa shape index (κ1) is 18.8. The standard InChI is InChI=1S/C23H29N3O2/c1-17-5-3-4-6-19(17)16-25-12-10-20(11-13-25)24-23(27)26-14-9-18-15-21(28-2)7-8-22(18)26/h3-8,15,20H,9-14,16H2,1-2H3,(H,24,27). The molecular weight excluding hydrogens is 350 g/mol. The lowest BCUT2D eigenvalue weighted by Gasteiger charge is -2.33. The maximum absolute atomic E-state index is 12.8. The Kier molecular flexibility index (Phi) is 5.53. The number of rotatable bonds is 4. The van der Waals surface area contributed by atoms with Gasteiger partial charge in [0.25, 0.3) is 0 Å². The van der Waals surface area contributed by atoms with E-state index in [0.29, 0.717) is 0 Å². The number of anilines is 1. The highest BCUT2D eigenvalue weighted by Crippen LogP contribution is 2.31. The van der Waals surface area contributed by atoms with Crippen molar-refractivity contribution in [1.82, 2.24) is 10.2 Å². The minimum atomic E-state index is 0.0290. The van der Waals surface area contributed by atoms with E-state index in [0.717, 1.165) is 56.9 Å². The van der Waals surface area contributed by atoms with Crippen molar-refractivity contribution < 1.29 is 9.53 Å². The molecule has 1 fully saturated rings. The van der Waals surface area contributed by atoms with Gasteiger partial charge in [-0.2, -0.15) is 0 Å². The van der Waals surface area contributed by atoms with Crippen LogP contribution in [0.1, 0.15) is 29.5 Å². The van der Waals surface area contributed by atoms with Crippen LogP contribution in [0.5, 0.6) is 5.75 Å². The number of fused-ring (bicyclic) bond motifs is 1. The normalized spacial score (nSPS) is 17.4. The Bertz CT molecular complexity index is 843. The number of carbonyl (C=O) groups excluding carboxylic acids is 1. The van der Waals surface area contributed by atoms with Gasteiger partial charge >= 0.3 is 6.03 Å². The second kappa shape index (κ2) is 8.23. The molecular formula is C23H29N3O2. The van der Waals surface area contributed by atoms with E-state index in [1.807, 2.05) is 23.1 Å². The van der Waals surface area contributed by atoms with Gasteiger partial charge in [0.15, 0.2) is 0 Å². The molecule has 1 N–H and O–H groups in total. The zero-order valence-electron chi connectivity index (χ0n) is 16.8. The number of benzene rings is 2. The molecule has 5 heteroatoms. The Hall–Kier alpha value is -2.53. The molecule has 148 valence electrons. The Morgan fingerprint density at radius 3 is 2.68 bits per heavy atom. The second-order valence-electron chi connectivity index (χ2n) is 7.82. The lowest BCUT2D eigenvalue weighted by molar-refractivity contribution is 0.188. The van der Waals surface area contributed by atoms with Crippen LogP contribution in [0.25, 0.3) is 0 Å². The Morgan fingerprint density at radius 2 is 1.93 bits per heavy atom. The van der Waals surface area contributed by atoms with Crippen LogP contribution in [0, 0.1) is 6.92 Å². The summed E-state index contributed by atoms with van der Waals surface area (Å²) in [5.74, 6) is 0.849. The second-order valence-corrected chi connectivity index (χ2v) is 7.82. The molecule has 0 aliphatic carbocycles. The van der Waals surface area contributed by atoms with Gasteiger partial charge in [-0.15, -0.1) is 0 Å². The number of hydrogen-bond acceptors (Lipinski definition) is 3. The SMILES string of the molecule is COc1ccc2c(c1)CCN2C(=O)NC1CCN(Cc2ccccc2C)CC1. The molecule has 2 aliphatic heterocycles. The van der Waals surface area contributed by atoms with Gasteiger partial charge < -0.3 is 10.1 Å². The van der Waals surface area contributed by atoms with E-state index >= 15 is 0 Å². The monoisotopic (exact) mass is 379 g/mol. The molecule has 2 aromatic carbocycles. The molecule has 0 unspecified atom stereocenters. The van der Waals surface area contributed by atoms with E-state index in [1.165, 1.54) is 16.7 Å². The summed E-state index contributed by atoms with van der Waals surface area (Å²) < 4.78 is 5.29. The molecule has 4 rings (SSSR count). The van der Waals surface area contributed by atoms with E-state index in [9.17, 15) is 4.79 Å². The predicted octanol–water partition coefficient (Wildman–Crippen LogP) is 3.74. The molecule has 0 aromatic heterocycles. The number of nitrogens with one attached hydrogen (secondary N) is 1. The summed E-state index contributed by atoms with van der Waals surface area (Å²) in [5, 5.41) is 3.26. The zero-order valence-corrected chi connectivity index (χ0v) is 16.8. The number of hydrogen-bond donors (Lipinski definition) is 1. The fourth-order valence-corrected chi connectivity index (χ4v) is 4.23. The summed E-state index contributed by atoms with van der Waals surface area (Å²) in [6, 6.07) is 14.8. The Labute approximate surface area is 167 Å². The molecule has 2 aliphatic rings. The van der Waals surface area contributed by atoms with Gasteiger partial charge in [0.05, 0.1) is 7.11 Å². The number of nitrogens with zero attached hydrogens (tertiary/aromatic N) is 2. The van der Waals surface area contributed by atoms with Gasteiger partial charge in [0.2, 0.25) is 0 Å². The van der Waals surface area contributed by atoms with Crippen molar-refractivity contribution in [3.8, 4) is 5.75 Å². The van der Waals surface area contributed by atoms with Gasteiger partial charge in [-0.1, -0.05) is 24.3 Å². The molecule has 1 saturated heterocycles. The van der Waals surface area contributed by atoms with Crippen molar-refractivity contribution in [2.75, 3.05) is 31.6 Å². The third-order valence-electron chi connectivity index (χ3n) is 6.00. The molecule has 2 heterocycles. The van der Waals surface area contributed by atoms with E-state index in [1.54, 1.807) is 7.11 Å². The molecule has 0 spiro atoms. The summed E-state index contributed by atoms with van der Waals surface area (Å²) in [4.78, 5) is 17.2.